The first kappa shape index (κ1) is 16.9. The maximum atomic E-state index is 11.8. The van der Waals surface area contributed by atoms with E-state index in [1.54, 1.807) is 24.3 Å². The van der Waals surface area contributed by atoms with E-state index in [-0.39, 0.29) is 18.8 Å². The van der Waals surface area contributed by atoms with Crippen molar-refractivity contribution in [3.63, 3.8) is 0 Å². The Morgan fingerprint density at radius 3 is 2.35 bits per heavy atom. The number of hydrogen-bond acceptors (Lipinski definition) is 5. The fourth-order valence-corrected chi connectivity index (χ4v) is 3.22. The molecule has 1 rings (SSSR count). The number of benzene rings is 1. The molecule has 0 bridgehead atoms. The maximum absolute atomic E-state index is 11.8. The molecule has 0 heterocycles. The first-order chi connectivity index (χ1) is 9.18. The van der Waals surface area contributed by atoms with Gasteiger partial charge in [0.15, 0.2) is 0 Å². The summed E-state index contributed by atoms with van der Waals surface area (Å²) in [5.74, 6) is -0.155. The van der Waals surface area contributed by atoms with Crippen LogP contribution in [0, 0.1) is 0 Å². The van der Waals surface area contributed by atoms with Crippen LogP contribution in [0.3, 0.4) is 0 Å². The minimum absolute atomic E-state index is 0.155. The van der Waals surface area contributed by atoms with Crippen molar-refractivity contribution >= 4 is 25.7 Å². The Bertz CT molecular complexity index is 641. The van der Waals surface area contributed by atoms with Gasteiger partial charge in [0.2, 0.25) is 20.0 Å². The van der Waals surface area contributed by atoms with E-state index in [9.17, 15) is 16.8 Å². The minimum Gasteiger partial charge on any atom is -0.399 e. The molecule has 0 saturated heterocycles. The zero-order valence-corrected chi connectivity index (χ0v) is 12.8. The van der Waals surface area contributed by atoms with Crippen LogP contribution in [0.25, 0.3) is 0 Å². The molecule has 7 nitrogen and oxygen atoms in total. The van der Waals surface area contributed by atoms with Crippen LogP contribution in [0.5, 0.6) is 0 Å². The van der Waals surface area contributed by atoms with Crippen LogP contribution in [0.1, 0.15) is 12.0 Å². The summed E-state index contributed by atoms with van der Waals surface area (Å²) in [5.41, 5.74) is 6.69. The van der Waals surface area contributed by atoms with Gasteiger partial charge in [-0.15, -0.1) is 0 Å². The van der Waals surface area contributed by atoms with Gasteiger partial charge in [0.25, 0.3) is 0 Å². The number of sulfonamides is 2. The van der Waals surface area contributed by atoms with Gasteiger partial charge in [-0.25, -0.2) is 26.3 Å². The van der Waals surface area contributed by atoms with E-state index in [0.29, 0.717) is 17.7 Å². The van der Waals surface area contributed by atoms with Gasteiger partial charge in [-0.05, 0) is 24.1 Å². The summed E-state index contributed by atoms with van der Waals surface area (Å²) in [6.45, 7) is 0.368. The molecule has 0 spiro atoms. The molecule has 0 unspecified atom stereocenters. The van der Waals surface area contributed by atoms with Crippen LogP contribution >= 0.6 is 0 Å². The highest BCUT2D eigenvalue weighted by molar-refractivity contribution is 7.89. The van der Waals surface area contributed by atoms with Crippen LogP contribution in [-0.4, -0.2) is 36.2 Å². The Labute approximate surface area is 119 Å². The number of hydrogen-bond donors (Lipinski definition) is 3. The standard InChI is InChI=1S/C11H19N3O4S2/c1-19(15,16)13-6-3-7-14-20(17,18)9-10-4-2-5-11(12)8-10/h2,4-5,8,13-14H,3,6-7,9,12H2,1H3. The van der Waals surface area contributed by atoms with E-state index < -0.39 is 20.0 Å². The summed E-state index contributed by atoms with van der Waals surface area (Å²) in [7, 11) is -6.68. The van der Waals surface area contributed by atoms with Crippen LogP contribution < -0.4 is 15.2 Å². The SMILES string of the molecule is CS(=O)(=O)NCCCNS(=O)(=O)Cc1cccc(N)c1. The number of nitrogens with two attached hydrogens (primary N) is 1. The Balaban J connectivity index is 2.39. The second-order valence-corrected chi connectivity index (χ2v) is 8.06. The number of nitrogens with one attached hydrogen (secondary N) is 2. The van der Waals surface area contributed by atoms with Crippen molar-refractivity contribution in [3.05, 3.63) is 29.8 Å². The van der Waals surface area contributed by atoms with Crippen molar-refractivity contribution in [2.45, 2.75) is 12.2 Å². The van der Waals surface area contributed by atoms with Crippen LogP contribution in [0.15, 0.2) is 24.3 Å². The molecule has 114 valence electrons. The van der Waals surface area contributed by atoms with Crippen molar-refractivity contribution < 1.29 is 16.8 Å². The number of rotatable bonds is 8. The molecule has 1 aromatic carbocycles. The topological polar surface area (TPSA) is 118 Å². The van der Waals surface area contributed by atoms with E-state index >= 15 is 0 Å². The number of anilines is 1. The number of nitrogen functional groups attached to an aromatic ring is 1. The fourth-order valence-electron chi connectivity index (χ4n) is 1.53. The van der Waals surface area contributed by atoms with Crippen LogP contribution in [-0.2, 0) is 25.8 Å². The van der Waals surface area contributed by atoms with Crippen LogP contribution in [0.4, 0.5) is 5.69 Å². The predicted octanol–water partition coefficient (Wildman–Crippen LogP) is -0.372. The van der Waals surface area contributed by atoms with Gasteiger partial charge in [-0.1, -0.05) is 12.1 Å². The van der Waals surface area contributed by atoms with Crippen LogP contribution in [0.2, 0.25) is 0 Å². The monoisotopic (exact) mass is 321 g/mol. The molecule has 0 aliphatic heterocycles. The zero-order chi connectivity index (χ0) is 15.2. The summed E-state index contributed by atoms with van der Waals surface area (Å²) in [5, 5.41) is 0. The maximum Gasteiger partial charge on any atom is 0.215 e. The first-order valence-electron chi connectivity index (χ1n) is 5.94. The lowest BCUT2D eigenvalue weighted by atomic mass is 10.2. The second-order valence-electron chi connectivity index (χ2n) is 4.42. The Kier molecular flexibility index (Phi) is 5.93. The molecule has 0 radical (unpaired) electrons. The van der Waals surface area contributed by atoms with E-state index in [4.69, 9.17) is 5.73 Å². The van der Waals surface area contributed by atoms with Gasteiger partial charge in [0, 0.05) is 18.8 Å². The third kappa shape index (κ3) is 7.43. The lowest BCUT2D eigenvalue weighted by Gasteiger charge is -2.07. The lowest BCUT2D eigenvalue weighted by molar-refractivity contribution is 0.574. The molecule has 0 aliphatic carbocycles. The summed E-state index contributed by atoms with van der Waals surface area (Å²) in [4.78, 5) is 0. The second kappa shape index (κ2) is 7.02. The van der Waals surface area contributed by atoms with Gasteiger partial charge in [-0.3, -0.25) is 0 Å². The highest BCUT2D eigenvalue weighted by Gasteiger charge is 2.11. The van der Waals surface area contributed by atoms with E-state index in [2.05, 4.69) is 9.44 Å². The molecule has 0 saturated carbocycles. The Morgan fingerprint density at radius 2 is 1.75 bits per heavy atom. The van der Waals surface area contributed by atoms with Crippen molar-refractivity contribution in [1.82, 2.24) is 9.44 Å². The highest BCUT2D eigenvalue weighted by atomic mass is 32.2. The molecule has 0 amide bonds. The largest absolute Gasteiger partial charge is 0.399 e. The smallest absolute Gasteiger partial charge is 0.215 e. The zero-order valence-electron chi connectivity index (χ0n) is 11.2. The highest BCUT2D eigenvalue weighted by Crippen LogP contribution is 2.09. The molecule has 4 N–H and O–H groups in total. The Morgan fingerprint density at radius 1 is 1.10 bits per heavy atom. The van der Waals surface area contributed by atoms with E-state index in [1.165, 1.54) is 0 Å². The predicted molar refractivity (Wildman–Crippen MR) is 78.9 cm³/mol. The van der Waals surface area contributed by atoms with Gasteiger partial charge < -0.3 is 5.73 Å². The average molecular weight is 321 g/mol. The molecule has 20 heavy (non-hydrogen) atoms. The molecule has 9 heteroatoms. The summed E-state index contributed by atoms with van der Waals surface area (Å²) in [6, 6.07) is 6.65. The molecule has 0 fully saturated rings. The molecular formula is C11H19N3O4S2. The molecule has 0 atom stereocenters. The van der Waals surface area contributed by atoms with E-state index in [1.807, 2.05) is 0 Å². The Hall–Kier alpha value is -1.16. The molecule has 0 aliphatic rings. The van der Waals surface area contributed by atoms with Gasteiger partial charge in [-0.2, -0.15) is 0 Å². The van der Waals surface area contributed by atoms with Gasteiger partial charge in [0.05, 0.1) is 12.0 Å². The van der Waals surface area contributed by atoms with E-state index in [0.717, 1.165) is 6.26 Å². The summed E-state index contributed by atoms with van der Waals surface area (Å²) >= 11 is 0. The lowest BCUT2D eigenvalue weighted by Crippen LogP contribution is -2.30. The van der Waals surface area contributed by atoms with Crippen molar-refractivity contribution in [1.29, 1.82) is 0 Å². The van der Waals surface area contributed by atoms with Crippen molar-refractivity contribution in [2.24, 2.45) is 0 Å². The minimum atomic E-state index is -3.45. The third-order valence-electron chi connectivity index (χ3n) is 2.35. The molecule has 1 aromatic rings. The normalized spacial score (nSPS) is 12.4. The summed E-state index contributed by atoms with van der Waals surface area (Å²) in [6.07, 6.45) is 1.43. The van der Waals surface area contributed by atoms with Gasteiger partial charge >= 0.3 is 0 Å². The molecule has 0 aromatic heterocycles. The van der Waals surface area contributed by atoms with Crippen molar-refractivity contribution in [2.75, 3.05) is 25.1 Å². The van der Waals surface area contributed by atoms with Crippen molar-refractivity contribution in [3.8, 4) is 0 Å². The first-order valence-corrected chi connectivity index (χ1v) is 9.49. The fraction of sp³-hybridized carbons (Fsp3) is 0.455. The third-order valence-corrected chi connectivity index (χ3v) is 4.43. The average Bonchev–Trinajstić information content (AvgIpc) is 2.26. The molecular weight excluding hydrogens is 302 g/mol. The quantitative estimate of drug-likeness (QED) is 0.446. The van der Waals surface area contributed by atoms with Gasteiger partial charge in [0.1, 0.15) is 0 Å². The summed E-state index contributed by atoms with van der Waals surface area (Å²) < 4.78 is 49.9.